The second-order valence-corrected chi connectivity index (χ2v) is 12.1. The van der Waals surface area contributed by atoms with Gasteiger partial charge in [0.25, 0.3) is 6.47 Å². The van der Waals surface area contributed by atoms with Crippen LogP contribution in [0.4, 0.5) is 10.1 Å². The van der Waals surface area contributed by atoms with Gasteiger partial charge in [-0.2, -0.15) is 0 Å². The van der Waals surface area contributed by atoms with Crippen molar-refractivity contribution in [1.29, 1.82) is 0 Å². The first-order valence-electron chi connectivity index (χ1n) is 11.9. The summed E-state index contributed by atoms with van der Waals surface area (Å²) in [6, 6.07) is 12.5. The van der Waals surface area contributed by atoms with Crippen LogP contribution in [-0.4, -0.2) is 68.9 Å². The number of hydrogen-bond donors (Lipinski definition) is 1. The van der Waals surface area contributed by atoms with Crippen LogP contribution in [0.5, 0.6) is 0 Å². The third-order valence-corrected chi connectivity index (χ3v) is 7.92. The molecule has 36 heavy (non-hydrogen) atoms. The fourth-order valence-electron chi connectivity index (χ4n) is 4.27. The monoisotopic (exact) mass is 519 g/mol. The van der Waals surface area contributed by atoms with Gasteiger partial charge in [-0.15, -0.1) is 0 Å². The van der Waals surface area contributed by atoms with Crippen molar-refractivity contribution >= 4 is 27.9 Å². The molecule has 0 bridgehead atoms. The number of hydrogen-bond acceptors (Lipinski definition) is 7. The summed E-state index contributed by atoms with van der Waals surface area (Å²) in [5.74, 6) is -0.723. The highest BCUT2D eigenvalue weighted by Gasteiger charge is 2.43. The molecule has 0 radical (unpaired) electrons. The molecular weight excluding hydrogens is 485 g/mol. The van der Waals surface area contributed by atoms with Gasteiger partial charge in [0, 0.05) is 37.8 Å². The maximum Gasteiger partial charge on any atom is 0.293 e. The van der Waals surface area contributed by atoms with Crippen LogP contribution in [0.25, 0.3) is 0 Å². The summed E-state index contributed by atoms with van der Waals surface area (Å²) in [7, 11) is -3.81. The van der Waals surface area contributed by atoms with E-state index in [2.05, 4.69) is 10.1 Å². The van der Waals surface area contributed by atoms with Gasteiger partial charge in [0.15, 0.2) is 9.84 Å². The molecule has 196 valence electrons. The molecule has 2 unspecified atom stereocenters. The standard InChI is InChI=1S/C21H24FN3O3S.C5H10O2/c1-15-13-24(10-9-23-15)14-20(26)25-19-8-7-17(22)11-16(19)12-21(25)29(27,28)18-5-3-2-4-6-18;1-5(2,3)7-4-6/h2-8,11,15,21,23H,9-10,12-14H2,1H3;4H,1-3H3. The van der Waals surface area contributed by atoms with Crippen LogP contribution in [0.1, 0.15) is 33.3 Å². The minimum atomic E-state index is -3.81. The lowest BCUT2D eigenvalue weighted by atomic mass is 10.1. The molecule has 2 aliphatic rings. The fourth-order valence-corrected chi connectivity index (χ4v) is 6.02. The third-order valence-electron chi connectivity index (χ3n) is 5.90. The van der Waals surface area contributed by atoms with Gasteiger partial charge >= 0.3 is 0 Å². The molecule has 1 N–H and O–H groups in total. The normalized spacial score (nSPS) is 20.2. The topological polar surface area (TPSA) is 96.0 Å². The van der Waals surface area contributed by atoms with Gasteiger partial charge < -0.3 is 10.1 Å². The minimum Gasteiger partial charge on any atom is -0.462 e. The number of amides is 1. The van der Waals surface area contributed by atoms with Crippen LogP contribution in [0.3, 0.4) is 0 Å². The van der Waals surface area contributed by atoms with E-state index in [-0.39, 0.29) is 35.4 Å². The molecule has 1 fully saturated rings. The number of piperazine rings is 1. The molecule has 1 amide bonds. The number of sulfone groups is 1. The van der Waals surface area contributed by atoms with Crippen LogP contribution in [0.15, 0.2) is 53.4 Å². The number of halogens is 1. The highest BCUT2D eigenvalue weighted by atomic mass is 32.2. The number of anilines is 1. The molecule has 2 aromatic carbocycles. The first-order valence-corrected chi connectivity index (χ1v) is 13.4. The molecule has 0 spiro atoms. The number of benzene rings is 2. The van der Waals surface area contributed by atoms with E-state index in [4.69, 9.17) is 0 Å². The van der Waals surface area contributed by atoms with Gasteiger partial charge in [-0.1, -0.05) is 18.2 Å². The Balaban J connectivity index is 0.000000454. The van der Waals surface area contributed by atoms with Crippen LogP contribution in [0, 0.1) is 5.82 Å². The maximum absolute atomic E-state index is 13.8. The number of nitrogens with zero attached hydrogens (tertiary/aromatic N) is 2. The Morgan fingerprint density at radius 1 is 1.19 bits per heavy atom. The molecule has 0 saturated carbocycles. The van der Waals surface area contributed by atoms with E-state index >= 15 is 0 Å². The quantitative estimate of drug-likeness (QED) is 0.607. The van der Waals surface area contributed by atoms with E-state index in [1.165, 1.54) is 35.2 Å². The summed E-state index contributed by atoms with van der Waals surface area (Å²) >= 11 is 0. The number of carbonyl (C=O) groups excluding carboxylic acids is 2. The van der Waals surface area contributed by atoms with E-state index in [0.29, 0.717) is 24.3 Å². The molecule has 0 aromatic heterocycles. The summed E-state index contributed by atoms with van der Waals surface area (Å²) in [4.78, 5) is 26.4. The Labute approximate surface area is 212 Å². The minimum absolute atomic E-state index is 0.0774. The molecule has 2 aliphatic heterocycles. The van der Waals surface area contributed by atoms with Crippen molar-refractivity contribution in [1.82, 2.24) is 10.2 Å². The number of nitrogens with one attached hydrogen (secondary N) is 1. The zero-order chi connectivity index (χ0) is 26.5. The van der Waals surface area contributed by atoms with Gasteiger partial charge in [-0.25, -0.2) is 12.8 Å². The second kappa shape index (κ2) is 11.5. The Bertz CT molecular complexity index is 1170. The number of ether oxygens (including phenoxy) is 1. The summed E-state index contributed by atoms with van der Waals surface area (Å²) in [5, 5.41) is 2.25. The van der Waals surface area contributed by atoms with E-state index in [9.17, 15) is 22.4 Å². The zero-order valence-corrected chi connectivity index (χ0v) is 21.9. The lowest BCUT2D eigenvalue weighted by molar-refractivity contribution is -0.138. The number of carbonyl (C=O) groups is 2. The Kier molecular flexibility index (Phi) is 8.86. The van der Waals surface area contributed by atoms with Crippen molar-refractivity contribution in [2.24, 2.45) is 0 Å². The largest absolute Gasteiger partial charge is 0.462 e. The molecule has 10 heteroatoms. The second-order valence-electron chi connectivity index (χ2n) is 9.97. The Morgan fingerprint density at radius 2 is 1.89 bits per heavy atom. The highest BCUT2D eigenvalue weighted by molar-refractivity contribution is 7.92. The van der Waals surface area contributed by atoms with Crippen molar-refractivity contribution in [3.05, 3.63) is 59.9 Å². The highest BCUT2D eigenvalue weighted by Crippen LogP contribution is 2.37. The molecule has 2 heterocycles. The summed E-state index contributed by atoms with van der Waals surface area (Å²) < 4.78 is 45.0. The van der Waals surface area contributed by atoms with Crippen molar-refractivity contribution in [2.75, 3.05) is 31.1 Å². The Morgan fingerprint density at radius 3 is 2.47 bits per heavy atom. The molecule has 0 aliphatic carbocycles. The Hall–Kier alpha value is -2.82. The van der Waals surface area contributed by atoms with Crippen LogP contribution in [-0.2, 0) is 30.6 Å². The van der Waals surface area contributed by atoms with Crippen molar-refractivity contribution in [3.63, 3.8) is 0 Å². The zero-order valence-electron chi connectivity index (χ0n) is 21.1. The smallest absolute Gasteiger partial charge is 0.293 e. The van der Waals surface area contributed by atoms with Gasteiger partial charge in [0.1, 0.15) is 16.8 Å². The van der Waals surface area contributed by atoms with Gasteiger partial charge in [0.05, 0.1) is 11.4 Å². The molecule has 4 rings (SSSR count). The number of rotatable bonds is 5. The maximum atomic E-state index is 13.8. The molecular formula is C26H34FN3O5S. The summed E-state index contributed by atoms with van der Waals surface area (Å²) in [6.07, 6.45) is 0.0774. The van der Waals surface area contributed by atoms with E-state index in [1.807, 2.05) is 32.6 Å². The van der Waals surface area contributed by atoms with Gasteiger partial charge in [0.2, 0.25) is 5.91 Å². The fraction of sp³-hybridized carbons (Fsp3) is 0.462. The summed E-state index contributed by atoms with van der Waals surface area (Å²) in [6.45, 7) is 10.3. The molecule has 2 atom stereocenters. The van der Waals surface area contributed by atoms with Crippen molar-refractivity contribution in [2.45, 2.75) is 56.0 Å². The van der Waals surface area contributed by atoms with Crippen LogP contribution >= 0.6 is 0 Å². The van der Waals surface area contributed by atoms with Gasteiger partial charge in [-0.05, 0) is 63.6 Å². The number of fused-ring (bicyclic) bond motifs is 1. The average molecular weight is 520 g/mol. The lowest BCUT2D eigenvalue weighted by Crippen LogP contribution is -2.53. The van der Waals surface area contributed by atoms with Crippen molar-refractivity contribution < 1.29 is 27.1 Å². The van der Waals surface area contributed by atoms with Gasteiger partial charge in [-0.3, -0.25) is 19.4 Å². The predicted octanol–water partition coefficient (Wildman–Crippen LogP) is 2.77. The molecule has 8 nitrogen and oxygen atoms in total. The SMILES string of the molecule is CC(C)(C)OC=O.CC1CN(CC(=O)N2c3ccc(F)cc3CC2S(=O)(=O)c2ccccc2)CCN1. The third kappa shape index (κ3) is 6.89. The van der Waals surface area contributed by atoms with E-state index < -0.39 is 21.0 Å². The van der Waals surface area contributed by atoms with Crippen LogP contribution < -0.4 is 10.2 Å². The lowest BCUT2D eigenvalue weighted by Gasteiger charge is -2.33. The molecule has 2 aromatic rings. The van der Waals surface area contributed by atoms with E-state index in [0.717, 1.165) is 13.1 Å². The molecule has 1 saturated heterocycles. The first kappa shape index (κ1) is 27.8. The first-order chi connectivity index (χ1) is 16.9. The average Bonchev–Trinajstić information content (AvgIpc) is 3.19. The van der Waals surface area contributed by atoms with E-state index in [1.54, 1.807) is 18.2 Å². The summed E-state index contributed by atoms with van der Waals surface area (Å²) in [5.41, 5.74) is 0.697. The van der Waals surface area contributed by atoms with Crippen molar-refractivity contribution in [3.8, 4) is 0 Å². The predicted molar refractivity (Wildman–Crippen MR) is 136 cm³/mol. The van der Waals surface area contributed by atoms with Crippen LogP contribution in [0.2, 0.25) is 0 Å².